The van der Waals surface area contributed by atoms with Crippen LogP contribution in [-0.2, 0) is 10.0 Å². The predicted molar refractivity (Wildman–Crippen MR) is 88.9 cm³/mol. The van der Waals surface area contributed by atoms with E-state index >= 15 is 0 Å². The highest BCUT2D eigenvalue weighted by atomic mass is 32.2. The summed E-state index contributed by atoms with van der Waals surface area (Å²) in [6, 6.07) is 9.47. The molecule has 0 unspecified atom stereocenters. The minimum absolute atomic E-state index is 0.113. The van der Waals surface area contributed by atoms with Gasteiger partial charge >= 0.3 is 0 Å². The molecule has 7 heteroatoms. The van der Waals surface area contributed by atoms with Crippen molar-refractivity contribution in [3.05, 3.63) is 42.0 Å². The van der Waals surface area contributed by atoms with E-state index in [0.29, 0.717) is 18.9 Å². The van der Waals surface area contributed by atoms with Gasteiger partial charge in [0.1, 0.15) is 18.1 Å². The maximum Gasteiger partial charge on any atom is 0.262 e. The lowest BCUT2D eigenvalue weighted by atomic mass is 10.2. The van der Waals surface area contributed by atoms with Crippen molar-refractivity contribution < 1.29 is 18.3 Å². The van der Waals surface area contributed by atoms with E-state index in [1.54, 1.807) is 24.3 Å². The first-order valence-electron chi connectivity index (χ1n) is 7.17. The lowest BCUT2D eigenvalue weighted by molar-refractivity contribution is 0.311. The molecule has 1 aliphatic heterocycles. The van der Waals surface area contributed by atoms with Gasteiger partial charge in [0.15, 0.2) is 0 Å². The molecule has 1 aliphatic rings. The monoisotopic (exact) mass is 334 g/mol. The van der Waals surface area contributed by atoms with Gasteiger partial charge in [0.2, 0.25) is 0 Å². The molecule has 3 rings (SSSR count). The van der Waals surface area contributed by atoms with E-state index in [2.05, 4.69) is 4.72 Å². The molecule has 0 spiro atoms. The summed E-state index contributed by atoms with van der Waals surface area (Å²) in [5, 5.41) is 9.82. The lowest BCUT2D eigenvalue weighted by Gasteiger charge is -2.28. The SMILES string of the molecule is Cc1ccc(O)c(NS(=O)(=O)c2ccc3c(c2)N(C)CCO3)c1. The Morgan fingerprint density at radius 3 is 2.78 bits per heavy atom. The first-order chi connectivity index (χ1) is 10.9. The summed E-state index contributed by atoms with van der Waals surface area (Å²) in [4.78, 5) is 2.07. The Balaban J connectivity index is 1.97. The zero-order chi connectivity index (χ0) is 16.6. The van der Waals surface area contributed by atoms with Crippen LogP contribution in [-0.4, -0.2) is 33.7 Å². The highest BCUT2D eigenvalue weighted by Gasteiger charge is 2.21. The van der Waals surface area contributed by atoms with Crippen LogP contribution in [0.25, 0.3) is 0 Å². The molecule has 0 aliphatic carbocycles. The number of fused-ring (bicyclic) bond motifs is 1. The van der Waals surface area contributed by atoms with Crippen LogP contribution >= 0.6 is 0 Å². The van der Waals surface area contributed by atoms with Gasteiger partial charge < -0.3 is 14.7 Å². The van der Waals surface area contributed by atoms with Crippen molar-refractivity contribution in [3.8, 4) is 11.5 Å². The number of aromatic hydroxyl groups is 1. The fourth-order valence-electron chi connectivity index (χ4n) is 2.43. The second kappa shape index (κ2) is 5.66. The first kappa shape index (κ1) is 15.5. The van der Waals surface area contributed by atoms with Crippen LogP contribution in [0.4, 0.5) is 11.4 Å². The summed E-state index contributed by atoms with van der Waals surface area (Å²) < 4.78 is 33.1. The van der Waals surface area contributed by atoms with Crippen LogP contribution in [0.3, 0.4) is 0 Å². The smallest absolute Gasteiger partial charge is 0.262 e. The number of sulfonamides is 1. The molecule has 2 N–H and O–H groups in total. The van der Waals surface area contributed by atoms with E-state index in [0.717, 1.165) is 11.3 Å². The molecule has 0 amide bonds. The maximum absolute atomic E-state index is 12.6. The molecule has 2 aromatic rings. The third-order valence-electron chi connectivity index (χ3n) is 3.73. The van der Waals surface area contributed by atoms with E-state index in [-0.39, 0.29) is 16.3 Å². The summed E-state index contributed by atoms with van der Waals surface area (Å²) in [6.07, 6.45) is 0. The van der Waals surface area contributed by atoms with Gasteiger partial charge in [-0.2, -0.15) is 0 Å². The quantitative estimate of drug-likeness (QED) is 0.842. The van der Waals surface area contributed by atoms with Crippen molar-refractivity contribution in [2.75, 3.05) is 29.8 Å². The Morgan fingerprint density at radius 2 is 2.00 bits per heavy atom. The van der Waals surface area contributed by atoms with Crippen molar-refractivity contribution >= 4 is 21.4 Å². The Kier molecular flexibility index (Phi) is 3.81. The van der Waals surface area contributed by atoms with E-state index in [1.165, 1.54) is 12.1 Å². The third kappa shape index (κ3) is 3.05. The Morgan fingerprint density at radius 1 is 1.22 bits per heavy atom. The highest BCUT2D eigenvalue weighted by molar-refractivity contribution is 7.92. The molecule has 0 bridgehead atoms. The van der Waals surface area contributed by atoms with Gasteiger partial charge in [-0.25, -0.2) is 8.42 Å². The average Bonchev–Trinajstić information content (AvgIpc) is 2.51. The van der Waals surface area contributed by atoms with Gasteiger partial charge in [-0.05, 0) is 42.8 Å². The van der Waals surface area contributed by atoms with Gasteiger partial charge in [-0.1, -0.05) is 6.07 Å². The Hall–Kier alpha value is -2.41. The molecule has 2 aromatic carbocycles. The van der Waals surface area contributed by atoms with Crippen LogP contribution in [0.15, 0.2) is 41.3 Å². The van der Waals surface area contributed by atoms with Crippen molar-refractivity contribution in [1.82, 2.24) is 0 Å². The molecule has 0 aromatic heterocycles. The molecule has 122 valence electrons. The van der Waals surface area contributed by atoms with Gasteiger partial charge in [0.25, 0.3) is 10.0 Å². The van der Waals surface area contributed by atoms with Gasteiger partial charge in [0, 0.05) is 7.05 Å². The molecule has 0 fully saturated rings. The van der Waals surface area contributed by atoms with Crippen molar-refractivity contribution in [3.63, 3.8) is 0 Å². The van der Waals surface area contributed by atoms with E-state index in [1.807, 2.05) is 18.9 Å². The molecular formula is C16H18N2O4S. The number of ether oxygens (including phenoxy) is 1. The van der Waals surface area contributed by atoms with Crippen LogP contribution in [0, 0.1) is 6.92 Å². The molecule has 23 heavy (non-hydrogen) atoms. The number of phenolic OH excluding ortho intramolecular Hbond substituents is 1. The number of nitrogens with zero attached hydrogens (tertiary/aromatic N) is 1. The molecule has 1 heterocycles. The van der Waals surface area contributed by atoms with E-state index in [9.17, 15) is 13.5 Å². The molecule has 6 nitrogen and oxygen atoms in total. The van der Waals surface area contributed by atoms with Gasteiger partial charge in [-0.3, -0.25) is 4.72 Å². The average molecular weight is 334 g/mol. The fraction of sp³-hybridized carbons (Fsp3) is 0.250. The van der Waals surface area contributed by atoms with Crippen LogP contribution in [0.1, 0.15) is 5.56 Å². The summed E-state index contributed by atoms with van der Waals surface area (Å²) in [6.45, 7) is 3.09. The number of hydrogen-bond donors (Lipinski definition) is 2. The minimum atomic E-state index is -3.80. The van der Waals surface area contributed by atoms with Crippen LogP contribution in [0.2, 0.25) is 0 Å². The fourth-order valence-corrected chi connectivity index (χ4v) is 3.52. The number of rotatable bonds is 3. The first-order valence-corrected chi connectivity index (χ1v) is 8.65. The zero-order valence-electron chi connectivity index (χ0n) is 12.9. The third-order valence-corrected chi connectivity index (χ3v) is 5.10. The number of phenols is 1. The number of anilines is 2. The Labute approximate surface area is 135 Å². The maximum atomic E-state index is 12.6. The van der Waals surface area contributed by atoms with Crippen molar-refractivity contribution in [2.45, 2.75) is 11.8 Å². The summed E-state index contributed by atoms with van der Waals surface area (Å²) in [7, 11) is -1.92. The standard InChI is InChI=1S/C16H18N2O4S/c1-11-3-5-15(19)13(9-11)17-23(20,21)12-4-6-16-14(10-12)18(2)7-8-22-16/h3-6,9-10,17,19H,7-8H2,1-2H3. The minimum Gasteiger partial charge on any atom is -0.506 e. The molecular weight excluding hydrogens is 316 g/mol. The predicted octanol–water partition coefficient (Wildman–Crippen LogP) is 2.33. The number of hydrogen-bond acceptors (Lipinski definition) is 5. The Bertz CT molecular complexity index is 849. The number of benzene rings is 2. The summed E-state index contributed by atoms with van der Waals surface area (Å²) in [5.41, 5.74) is 1.74. The zero-order valence-corrected chi connectivity index (χ0v) is 13.7. The van der Waals surface area contributed by atoms with E-state index < -0.39 is 10.0 Å². The highest BCUT2D eigenvalue weighted by Crippen LogP contribution is 2.34. The summed E-state index contributed by atoms with van der Waals surface area (Å²) >= 11 is 0. The second-order valence-corrected chi connectivity index (χ2v) is 7.21. The largest absolute Gasteiger partial charge is 0.506 e. The lowest BCUT2D eigenvalue weighted by Crippen LogP contribution is -2.29. The second-order valence-electron chi connectivity index (χ2n) is 5.53. The summed E-state index contributed by atoms with van der Waals surface area (Å²) in [5.74, 6) is 0.550. The molecule has 0 atom stereocenters. The molecule has 0 radical (unpaired) electrons. The number of nitrogens with one attached hydrogen (secondary N) is 1. The van der Waals surface area contributed by atoms with Gasteiger partial charge in [-0.15, -0.1) is 0 Å². The van der Waals surface area contributed by atoms with Crippen LogP contribution in [0.5, 0.6) is 11.5 Å². The topological polar surface area (TPSA) is 78.9 Å². The molecule has 0 saturated carbocycles. The number of aryl methyl sites for hydroxylation is 1. The van der Waals surface area contributed by atoms with Gasteiger partial charge in [0.05, 0.1) is 22.8 Å². The van der Waals surface area contributed by atoms with Crippen molar-refractivity contribution in [2.24, 2.45) is 0 Å². The molecule has 0 saturated heterocycles. The van der Waals surface area contributed by atoms with Crippen molar-refractivity contribution in [1.29, 1.82) is 0 Å². The number of likely N-dealkylation sites (N-methyl/N-ethyl adjacent to an activating group) is 1. The normalized spacial score (nSPS) is 14.1. The van der Waals surface area contributed by atoms with E-state index in [4.69, 9.17) is 4.74 Å². The van der Waals surface area contributed by atoms with Crippen LogP contribution < -0.4 is 14.4 Å².